The summed E-state index contributed by atoms with van der Waals surface area (Å²) in [7, 11) is 0. The van der Waals surface area contributed by atoms with Crippen LogP contribution in [0.15, 0.2) is 30.3 Å². The number of hydrogen-bond donors (Lipinski definition) is 25. The van der Waals surface area contributed by atoms with Crippen molar-refractivity contribution in [2.24, 2.45) is 34.8 Å². The van der Waals surface area contributed by atoms with E-state index in [1.807, 2.05) is 13.8 Å². The van der Waals surface area contributed by atoms with Gasteiger partial charge in [-0.25, -0.2) is 4.79 Å². The van der Waals surface area contributed by atoms with E-state index in [9.17, 15) is 107 Å². The summed E-state index contributed by atoms with van der Waals surface area (Å²) in [5.41, 5.74) is 22.9. The predicted octanol–water partition coefficient (Wildman–Crippen LogP) is -9.80. The van der Waals surface area contributed by atoms with E-state index < -0.39 is 237 Å². The van der Waals surface area contributed by atoms with E-state index in [-0.39, 0.29) is 89.1 Å². The smallest absolute Gasteiger partial charge is 0.327 e. The Labute approximate surface area is 616 Å². The maximum Gasteiger partial charge on any atom is 0.327 e. The molecule has 2 rings (SSSR count). The van der Waals surface area contributed by atoms with Crippen molar-refractivity contribution in [3.05, 3.63) is 35.9 Å². The summed E-state index contributed by atoms with van der Waals surface area (Å²) in [4.78, 5) is 215. The van der Waals surface area contributed by atoms with Crippen LogP contribution in [0, 0.1) is 17.2 Å². The molecule has 28 N–H and O–H groups in total. The van der Waals surface area contributed by atoms with Crippen LogP contribution in [0.2, 0.25) is 0 Å². The quantitative estimate of drug-likeness (QED) is 0.0125. The highest BCUT2D eigenvalue weighted by Gasteiger charge is 2.42. The second-order valence-electron chi connectivity index (χ2n) is 25.8. The number of carboxylic acid groups (broad SMARTS) is 2. The van der Waals surface area contributed by atoms with Crippen molar-refractivity contribution in [2.75, 3.05) is 51.8 Å². The molecule has 41 nitrogen and oxygen atoms in total. The van der Waals surface area contributed by atoms with Crippen molar-refractivity contribution >= 4 is 113 Å². The second kappa shape index (κ2) is 47.5. The van der Waals surface area contributed by atoms with E-state index in [1.54, 1.807) is 30.3 Å². The fourth-order valence-electron chi connectivity index (χ4n) is 10.6. The van der Waals surface area contributed by atoms with Gasteiger partial charge in [-0.2, -0.15) is 12.6 Å². The molecule has 0 bridgehead atoms. The number of nitrogens with two attached hydrogens (primary N) is 4. The van der Waals surface area contributed by atoms with Gasteiger partial charge in [0.1, 0.15) is 72.5 Å². The maximum absolute atomic E-state index is 14.4. The number of thiol groups is 1. The third-order valence-corrected chi connectivity index (χ3v) is 16.7. The van der Waals surface area contributed by atoms with Crippen LogP contribution in [0.4, 0.5) is 0 Å². The van der Waals surface area contributed by atoms with Crippen LogP contribution in [-0.4, -0.2) is 273 Å². The Hall–Kier alpha value is -9.88. The summed E-state index contributed by atoms with van der Waals surface area (Å²) in [5.74, 6) is -19.4. The molecule has 1 aromatic carbocycles. The van der Waals surface area contributed by atoms with Gasteiger partial charge < -0.3 is 128 Å². The number of carbonyl (C=O) groups is 16. The zero-order valence-electron chi connectivity index (χ0n) is 59.7. The van der Waals surface area contributed by atoms with Crippen LogP contribution in [0.1, 0.15) is 111 Å². The summed E-state index contributed by atoms with van der Waals surface area (Å²) in [5, 5.41) is 98.3. The first-order valence-electron chi connectivity index (χ1n) is 34.3. The molecule has 1 heterocycles. The number of amides is 14. The molecule has 0 radical (unpaired) electrons. The van der Waals surface area contributed by atoms with E-state index in [4.69, 9.17) is 28.3 Å². The molecule has 594 valence electrons. The van der Waals surface area contributed by atoms with Gasteiger partial charge in [0.05, 0.1) is 44.9 Å². The van der Waals surface area contributed by atoms with E-state index in [0.717, 1.165) is 11.8 Å². The fourth-order valence-corrected chi connectivity index (χ4v) is 10.8. The molecule has 0 aliphatic carbocycles. The van der Waals surface area contributed by atoms with Gasteiger partial charge in [0.25, 0.3) is 0 Å². The summed E-state index contributed by atoms with van der Waals surface area (Å²) in [6, 6.07) is -13.0. The summed E-state index contributed by atoms with van der Waals surface area (Å²) in [6.07, 6.45) is -3.75. The molecule has 14 atom stereocenters. The molecule has 1 saturated heterocycles. The van der Waals surface area contributed by atoms with Crippen molar-refractivity contribution < 1.29 is 107 Å². The van der Waals surface area contributed by atoms with Crippen LogP contribution < -0.4 is 92.1 Å². The highest BCUT2D eigenvalue weighted by molar-refractivity contribution is 7.80. The number of aliphatic hydroxyl groups is 4. The Morgan fingerprint density at radius 1 is 0.566 bits per heavy atom. The summed E-state index contributed by atoms with van der Waals surface area (Å²) < 4.78 is 0. The number of hydrogen-bond acceptors (Lipinski definition) is 24. The van der Waals surface area contributed by atoms with E-state index in [1.165, 1.54) is 13.8 Å². The van der Waals surface area contributed by atoms with E-state index in [2.05, 4.69) is 81.7 Å². The number of rotatable bonds is 49. The van der Waals surface area contributed by atoms with Gasteiger partial charge in [-0.3, -0.25) is 77.3 Å². The molecule has 0 unspecified atom stereocenters. The lowest BCUT2D eigenvalue weighted by atomic mass is 10.0. The second-order valence-corrected chi connectivity index (χ2v) is 26.2. The minimum Gasteiger partial charge on any atom is -0.481 e. The van der Waals surface area contributed by atoms with Crippen LogP contribution in [0.25, 0.3) is 0 Å². The van der Waals surface area contributed by atoms with Crippen LogP contribution in [0.5, 0.6) is 0 Å². The normalized spacial score (nSPS) is 16.2. The number of benzene rings is 1. The molecule has 106 heavy (non-hydrogen) atoms. The highest BCUT2D eigenvalue weighted by atomic mass is 32.1. The number of primary amides is 1. The lowest BCUT2D eigenvalue weighted by Gasteiger charge is -2.31. The Kier molecular flexibility index (Phi) is 41.4. The standard InChI is InChI=1S/C64H105N19O22S/c1-31(2)23-35(66)51(92)77-41(27-84)58(99)79-43(29-86)62(103)83-22-12-17-45(83)59(100)81-49(32(3)4)60(101)82-50(33(5)87)61(102)74-37(15-9-10-20-65)53(94)78-42(28-85)57(98)75-39(24-34-13-7-6-8-14-34)55(96)76-40(25-46(67)88)56(97)73-36(16-11-21-70-64(68)69)52(93)71-26-47(89)72-38(18-19-48(90)91)54(95)80-44(30-106)63(104)105/h6-8,13-14,31-33,35-45,49-50,84-87,106H,9-12,15-30,65-66H2,1-5H3,(H2,67,88)(H,71,93)(H,72,89)(H,73,97)(H,74,102)(H,75,98)(H,76,96)(H,77,92)(H,78,94)(H,79,99)(H,80,95)(H,81,100)(H,82,101)(H,90,91)(H,104,105)(H4,68,69,70)/t33-,35+,36+,37+,38+,39+,40+,41+,42+,43+,44+,45+,49+,50+/m1/s1. The number of carbonyl (C=O) groups excluding carboxylic acids is 14. The largest absolute Gasteiger partial charge is 0.481 e. The topological polar surface area (TPSA) is 682 Å². The zero-order chi connectivity index (χ0) is 80.1. The third kappa shape index (κ3) is 32.6. The maximum atomic E-state index is 14.4. The van der Waals surface area contributed by atoms with Crippen LogP contribution in [0.3, 0.4) is 0 Å². The lowest BCUT2D eigenvalue weighted by Crippen LogP contribution is -2.63. The number of unbranched alkanes of at least 4 members (excludes halogenated alkanes) is 1. The zero-order valence-corrected chi connectivity index (χ0v) is 60.6. The molecule has 1 aliphatic heterocycles. The molecular formula is C64H105N19O22S. The Morgan fingerprint density at radius 2 is 1.06 bits per heavy atom. The number of guanidine groups is 1. The molecular weight excluding hydrogens is 1420 g/mol. The van der Waals surface area contributed by atoms with E-state index in [0.29, 0.717) is 5.56 Å². The number of aliphatic carboxylic acids is 2. The number of aliphatic hydroxyl groups excluding tert-OH is 4. The van der Waals surface area contributed by atoms with Gasteiger partial charge in [0, 0.05) is 31.7 Å². The highest BCUT2D eigenvalue weighted by Crippen LogP contribution is 2.20. The van der Waals surface area contributed by atoms with Crippen molar-refractivity contribution in [1.82, 2.24) is 74.0 Å². The van der Waals surface area contributed by atoms with Gasteiger partial charge in [-0.15, -0.1) is 0 Å². The molecule has 1 fully saturated rings. The number of likely N-dealkylation sites (tertiary alicyclic amines) is 1. The Balaban J connectivity index is 2.40. The molecule has 1 aromatic rings. The molecule has 0 saturated carbocycles. The van der Waals surface area contributed by atoms with Crippen LogP contribution >= 0.6 is 12.6 Å². The Bertz CT molecular complexity index is 3190. The summed E-state index contributed by atoms with van der Waals surface area (Å²) in [6.45, 7) is 3.85. The first-order valence-corrected chi connectivity index (χ1v) is 34.9. The average molecular weight is 1520 g/mol. The monoisotopic (exact) mass is 1520 g/mol. The molecule has 0 spiro atoms. The molecule has 14 amide bonds. The first-order chi connectivity index (χ1) is 49.9. The third-order valence-electron chi connectivity index (χ3n) is 16.3. The van der Waals surface area contributed by atoms with Gasteiger partial charge in [-0.05, 0) is 88.7 Å². The molecule has 42 heteroatoms. The van der Waals surface area contributed by atoms with Crippen molar-refractivity contribution in [3.63, 3.8) is 0 Å². The fraction of sp³-hybridized carbons (Fsp3) is 0.641. The lowest BCUT2D eigenvalue weighted by molar-refractivity contribution is -0.143. The minimum atomic E-state index is -1.93. The van der Waals surface area contributed by atoms with E-state index >= 15 is 0 Å². The van der Waals surface area contributed by atoms with Crippen molar-refractivity contribution in [1.29, 1.82) is 5.41 Å². The average Bonchev–Trinajstić information content (AvgIpc) is 1.69. The van der Waals surface area contributed by atoms with Gasteiger partial charge >= 0.3 is 11.9 Å². The number of carboxylic acids is 2. The van der Waals surface area contributed by atoms with Crippen molar-refractivity contribution in [3.8, 4) is 0 Å². The first kappa shape index (κ1) is 92.2. The predicted molar refractivity (Wildman–Crippen MR) is 379 cm³/mol. The van der Waals surface area contributed by atoms with Crippen LogP contribution in [-0.2, 0) is 83.1 Å². The Morgan fingerprint density at radius 3 is 1.58 bits per heavy atom. The van der Waals surface area contributed by atoms with Gasteiger partial charge in [-0.1, -0.05) is 58.0 Å². The number of nitrogens with zero attached hydrogens (tertiary/aromatic N) is 1. The minimum absolute atomic E-state index is 0.0129. The van der Waals surface area contributed by atoms with Gasteiger partial charge in [0.15, 0.2) is 5.96 Å². The van der Waals surface area contributed by atoms with Crippen molar-refractivity contribution in [2.45, 2.75) is 196 Å². The summed E-state index contributed by atoms with van der Waals surface area (Å²) >= 11 is 3.87. The number of nitrogens with one attached hydrogen (secondary N) is 14. The molecule has 1 aliphatic rings. The van der Waals surface area contributed by atoms with Gasteiger partial charge in [0.2, 0.25) is 82.7 Å². The molecule has 0 aromatic heterocycles. The SMILES string of the molecule is CC(C)C[C@H](N)C(=O)N[C@@H](CO)C(=O)N[C@@H](CO)C(=O)N1CCC[C@H]1C(=O)N[C@H](C(=O)N[C@H](C(=O)N[C@@H](CCCCN)C(=O)N[C@@H](CO)C(=O)N[C@@H](Cc1ccccc1)C(=O)N[C@@H](CC(N)=O)C(=O)N[C@@H](CCCNC(=N)N)C(=O)NCC(=O)N[C@@H](CCC(=O)O)C(=O)N[C@@H](CS)C(=O)O)[C@@H](C)O)C(C)C.